The van der Waals surface area contributed by atoms with Crippen molar-refractivity contribution in [3.8, 4) is 23.3 Å². The summed E-state index contributed by atoms with van der Waals surface area (Å²) < 4.78 is 172. The average Bonchev–Trinajstić information content (AvgIpc) is 3.73. The van der Waals surface area contributed by atoms with Crippen LogP contribution in [0.4, 0.5) is 39.5 Å². The fourth-order valence-electron chi connectivity index (χ4n) is 5.54. The van der Waals surface area contributed by atoms with Crippen molar-refractivity contribution < 1.29 is 158 Å². The SMILES string of the molecule is CC1(C)OB(B2OC(C)(C)C(C)(C)O2)OC1(C)C.CC1(C)OB(c2ccc(F)cc2OC(F)F)OC1(C)C.CCOP(=O)(OCC)C(F)(F)Br.Fc1ccc(Br)c(OC(F)F)c1.N#CCO.Oc1cc(F)ccc1Br.[K+].[OH-]. The predicted molar refractivity (Wildman–Crippen MR) is 277 cm³/mol. The average molecular weight is 1350 g/mol. The summed E-state index contributed by atoms with van der Waals surface area (Å²) in [7, 11) is -6.15. The number of nitrogens with zero attached hydrogens (tertiary/aromatic N) is 1. The van der Waals surface area contributed by atoms with Crippen LogP contribution < -0.4 is 66.3 Å². The number of hydrogen-bond acceptors (Lipinski definition) is 15. The quantitative estimate of drug-likeness (QED) is 0.0603. The molecule has 3 saturated heterocycles. The smallest absolute Gasteiger partial charge is 0.870 e. The van der Waals surface area contributed by atoms with Gasteiger partial charge >= 0.3 is 97.9 Å². The predicted octanol–water partition coefficient (Wildman–Crippen LogP) is 9.99. The zero-order valence-corrected chi connectivity index (χ0v) is 53.7. The number of aromatic hydroxyl groups is 1. The van der Waals surface area contributed by atoms with Gasteiger partial charge in [0, 0.05) is 39.6 Å². The molecular weight excluding hydrogens is 1290 g/mol. The Labute approximate surface area is 512 Å². The molecule has 3 aromatic rings. The van der Waals surface area contributed by atoms with Crippen LogP contribution in [0.1, 0.15) is 96.9 Å². The van der Waals surface area contributed by atoms with Crippen LogP contribution in [0.25, 0.3) is 0 Å². The third kappa shape index (κ3) is 24.0. The van der Waals surface area contributed by atoms with Crippen LogP contribution in [0, 0.1) is 28.8 Å². The van der Waals surface area contributed by atoms with Crippen molar-refractivity contribution in [2.75, 3.05) is 19.8 Å². The second-order valence-electron chi connectivity index (χ2n) is 18.6. The van der Waals surface area contributed by atoms with Gasteiger partial charge in [0.1, 0.15) is 41.3 Å². The maximum atomic E-state index is 13.2. The summed E-state index contributed by atoms with van der Waals surface area (Å²) in [5.74, 6) is -2.27. The Bertz CT molecular complexity index is 2290. The Morgan fingerprint density at radius 1 is 0.636 bits per heavy atom. The van der Waals surface area contributed by atoms with Crippen LogP contribution in [0.5, 0.6) is 17.2 Å². The van der Waals surface area contributed by atoms with Crippen LogP contribution in [-0.2, 0) is 41.5 Å². The fourth-order valence-corrected chi connectivity index (χ4v) is 7.79. The first-order chi connectivity index (χ1) is 34.1. The summed E-state index contributed by atoms with van der Waals surface area (Å²) in [4.78, 5) is 0. The first-order valence-electron chi connectivity index (χ1n) is 22.4. The van der Waals surface area contributed by atoms with Gasteiger partial charge in [0.05, 0.1) is 61.8 Å². The van der Waals surface area contributed by atoms with Crippen molar-refractivity contribution in [2.24, 2.45) is 0 Å². The maximum absolute atomic E-state index is 13.2. The molecule has 77 heavy (non-hydrogen) atoms. The van der Waals surface area contributed by atoms with Crippen LogP contribution in [0.3, 0.4) is 0 Å². The number of benzene rings is 3. The topological polar surface area (TPSA) is 204 Å². The molecule has 3 aliphatic heterocycles. The summed E-state index contributed by atoms with van der Waals surface area (Å²) in [5.41, 5.74) is -2.43. The van der Waals surface area contributed by atoms with Gasteiger partial charge in [0.25, 0.3) is 0 Å². The molecule has 0 radical (unpaired) electrons. The molecule has 3 fully saturated rings. The molecule has 3 aromatic carbocycles. The van der Waals surface area contributed by atoms with E-state index in [1.807, 2.05) is 99.0 Å². The van der Waals surface area contributed by atoms with E-state index < -0.39 is 75.2 Å². The van der Waals surface area contributed by atoms with Gasteiger partial charge < -0.3 is 62.1 Å². The number of hydrogen-bond donors (Lipinski definition) is 2. The van der Waals surface area contributed by atoms with E-state index in [4.69, 9.17) is 43.4 Å². The third-order valence-electron chi connectivity index (χ3n) is 11.5. The van der Waals surface area contributed by atoms with E-state index >= 15 is 0 Å². The summed E-state index contributed by atoms with van der Waals surface area (Å²) in [5, 5.41) is 23.7. The summed E-state index contributed by atoms with van der Waals surface area (Å²) in [6.45, 7) is 20.0. The summed E-state index contributed by atoms with van der Waals surface area (Å²) in [6, 6.07) is 11.9. The molecule has 0 atom stereocenters. The molecule has 0 amide bonds. The van der Waals surface area contributed by atoms with Gasteiger partial charge in [-0.05, 0) is 159 Å². The number of aliphatic hydroxyl groups excluding tert-OH is 1. The number of aliphatic hydroxyl groups is 1. The molecule has 0 aromatic heterocycles. The fraction of sp³-hybridized carbons (Fsp3) is 0.578. The first kappa shape index (κ1) is 78.1. The molecule has 3 N–H and O–H groups in total. The second-order valence-corrected chi connectivity index (χ2v) is 24.0. The maximum Gasteiger partial charge on any atom is 1.00 e. The molecule has 0 saturated carbocycles. The molecule has 0 aliphatic carbocycles. The molecule has 6 rings (SSSR count). The minimum absolute atomic E-state index is 0. The van der Waals surface area contributed by atoms with Crippen molar-refractivity contribution in [3.63, 3.8) is 0 Å². The van der Waals surface area contributed by atoms with Crippen LogP contribution in [0.2, 0.25) is 0 Å². The van der Waals surface area contributed by atoms with Gasteiger partial charge in [-0.3, -0.25) is 4.57 Å². The molecule has 0 bridgehead atoms. The molecule has 0 spiro atoms. The zero-order chi connectivity index (χ0) is 58.3. The Kier molecular flexibility index (Phi) is 33.2. The van der Waals surface area contributed by atoms with Gasteiger partial charge in [-0.1, -0.05) is 6.07 Å². The van der Waals surface area contributed by atoms with E-state index in [-0.39, 0.29) is 122 Å². The summed E-state index contributed by atoms with van der Waals surface area (Å²) in [6.07, 6.45) is 0. The standard InChI is InChI=1S/C13H16BF3O3.C12H24B2O4.C7H4BrF3O.C6H4BrFO.C5H10BrF2O3P.C2H3NO.K.H2O/c1-12(2)13(3,4)20-14(19-12)9-6-5-8(15)7-10(9)18-11(16)17;1-9(2)10(3,4)16-13(15-9)14-17-11(5,6)12(7,8)18-14;8-5-2-1-4(9)3-6(5)12-7(10)11;7-5-2-1-4(8)3-6(5)9;1-3-10-12(9,11-4-2)5(6,7)8;3-1-2-4;;/h5-7,11H,1-4H3;1-8H3;1-3,7H;1-3,9H;3-4H2,1-2H3;4H,2H2;;1H2/q;;;;;;+1;/p-1. The van der Waals surface area contributed by atoms with E-state index in [1.54, 1.807) is 0 Å². The third-order valence-corrected chi connectivity index (χ3v) is 15.9. The number of ether oxygens (including phenoxy) is 2. The van der Waals surface area contributed by atoms with Crippen molar-refractivity contribution in [2.45, 2.75) is 148 Å². The number of rotatable bonds is 11. The van der Waals surface area contributed by atoms with Gasteiger partial charge in [-0.15, -0.1) is 0 Å². The van der Waals surface area contributed by atoms with Gasteiger partial charge in [0.2, 0.25) is 0 Å². The van der Waals surface area contributed by atoms with E-state index in [0.717, 1.165) is 30.3 Å². The molecular formula is C45H62B3Br3F9KNO14P. The normalized spacial score (nSPS) is 17.9. The number of alkyl halides is 7. The Hall–Kier alpha value is -0.979. The van der Waals surface area contributed by atoms with Crippen LogP contribution >= 0.6 is 55.4 Å². The van der Waals surface area contributed by atoms with E-state index in [2.05, 4.69) is 50.4 Å². The minimum Gasteiger partial charge on any atom is -0.870 e. The van der Waals surface area contributed by atoms with Gasteiger partial charge in [0.15, 0.2) is 0 Å². The van der Waals surface area contributed by atoms with Crippen molar-refractivity contribution in [1.29, 1.82) is 5.26 Å². The molecule has 3 aliphatic rings. The minimum atomic E-state index is -4.32. The molecule has 0 unspecified atom stereocenters. The van der Waals surface area contributed by atoms with E-state index in [9.17, 15) is 44.1 Å². The Morgan fingerprint density at radius 2 is 0.948 bits per heavy atom. The number of nitriles is 1. The largest absolute Gasteiger partial charge is 1.00 e. The van der Waals surface area contributed by atoms with Crippen molar-refractivity contribution in [1.82, 2.24) is 0 Å². The van der Waals surface area contributed by atoms with Gasteiger partial charge in [-0.25, -0.2) is 13.2 Å². The monoisotopic (exact) mass is 1350 g/mol. The number of phenolic OH excluding ortho intramolecular Hbond substituents is 1. The number of halogens is 12. The van der Waals surface area contributed by atoms with Crippen molar-refractivity contribution >= 4 is 82.0 Å². The molecule has 3 heterocycles. The van der Waals surface area contributed by atoms with Crippen LogP contribution in [-0.4, -0.2) is 108 Å². The van der Waals surface area contributed by atoms with Crippen LogP contribution in [0.15, 0.2) is 63.5 Å². The van der Waals surface area contributed by atoms with E-state index in [1.165, 1.54) is 44.2 Å². The Balaban J connectivity index is 0. The van der Waals surface area contributed by atoms with Crippen molar-refractivity contribution in [3.05, 3.63) is 81.0 Å². The molecule has 430 valence electrons. The first-order valence-corrected chi connectivity index (χ1v) is 26.3. The molecule has 15 nitrogen and oxygen atoms in total. The number of phenols is 1. The Morgan fingerprint density at radius 3 is 1.26 bits per heavy atom. The van der Waals surface area contributed by atoms with Gasteiger partial charge in [-0.2, -0.15) is 31.6 Å². The summed E-state index contributed by atoms with van der Waals surface area (Å²) >= 11 is 7.90. The zero-order valence-electron chi connectivity index (χ0n) is 45.0. The second kappa shape index (κ2) is 32.8. The molecule has 32 heteroatoms. The van der Waals surface area contributed by atoms with E-state index in [0.29, 0.717) is 8.95 Å².